The van der Waals surface area contributed by atoms with Crippen LogP contribution in [0, 0.1) is 17.1 Å². The van der Waals surface area contributed by atoms with Crippen LogP contribution in [0.2, 0.25) is 5.02 Å². The molecule has 1 saturated heterocycles. The largest absolute Gasteiger partial charge is 0.482 e. The molecular weight excluding hydrogens is 393 g/mol. The SMILES string of the molecule is C[C@@H]1CN(C(=O)COc2ccc(Cl)cc2C#N)[C@@H](C)CN1Cc1ccc(F)cc1. The van der Waals surface area contributed by atoms with Crippen molar-refractivity contribution in [2.45, 2.75) is 32.5 Å². The van der Waals surface area contributed by atoms with Crippen molar-refractivity contribution in [3.8, 4) is 11.8 Å². The second-order valence-electron chi connectivity index (χ2n) is 7.34. The zero-order chi connectivity index (χ0) is 21.0. The summed E-state index contributed by atoms with van der Waals surface area (Å²) in [6, 6.07) is 13.4. The molecule has 3 rings (SSSR count). The molecule has 0 saturated carbocycles. The molecule has 0 aliphatic carbocycles. The Morgan fingerprint density at radius 3 is 2.62 bits per heavy atom. The number of halogens is 2. The van der Waals surface area contributed by atoms with Crippen LogP contribution < -0.4 is 4.74 Å². The molecule has 5 nitrogen and oxygen atoms in total. The number of benzene rings is 2. The molecule has 1 aliphatic heterocycles. The van der Waals surface area contributed by atoms with E-state index in [9.17, 15) is 14.4 Å². The van der Waals surface area contributed by atoms with E-state index in [1.807, 2.05) is 17.9 Å². The average Bonchev–Trinajstić information content (AvgIpc) is 2.70. The van der Waals surface area contributed by atoms with Crippen molar-refractivity contribution in [1.29, 1.82) is 5.26 Å². The van der Waals surface area contributed by atoms with E-state index >= 15 is 0 Å². The Bertz CT molecular complexity index is 913. The van der Waals surface area contributed by atoms with Crippen LogP contribution in [0.25, 0.3) is 0 Å². The molecule has 2 atom stereocenters. The molecule has 1 aliphatic rings. The average molecular weight is 416 g/mol. The molecule has 2 aromatic rings. The normalized spacial score (nSPS) is 19.6. The number of carbonyl (C=O) groups excluding carboxylic acids is 1. The van der Waals surface area contributed by atoms with Crippen molar-refractivity contribution >= 4 is 17.5 Å². The lowest BCUT2D eigenvalue weighted by Crippen LogP contribution is -2.58. The summed E-state index contributed by atoms with van der Waals surface area (Å²) < 4.78 is 18.7. The van der Waals surface area contributed by atoms with Gasteiger partial charge in [-0.25, -0.2) is 4.39 Å². The molecule has 2 aromatic carbocycles. The van der Waals surface area contributed by atoms with Crippen molar-refractivity contribution in [3.05, 3.63) is 64.4 Å². The van der Waals surface area contributed by atoms with Crippen LogP contribution in [0.1, 0.15) is 25.0 Å². The zero-order valence-corrected chi connectivity index (χ0v) is 17.2. The third-order valence-corrected chi connectivity index (χ3v) is 5.38. The van der Waals surface area contributed by atoms with Crippen LogP contribution in [-0.4, -0.2) is 47.5 Å². The fraction of sp³-hybridized carbons (Fsp3) is 0.364. The molecule has 0 radical (unpaired) electrons. The van der Waals surface area contributed by atoms with Gasteiger partial charge in [-0.1, -0.05) is 23.7 Å². The zero-order valence-electron chi connectivity index (χ0n) is 16.4. The van der Waals surface area contributed by atoms with Crippen molar-refractivity contribution < 1.29 is 13.9 Å². The first-order valence-electron chi connectivity index (χ1n) is 9.47. The molecule has 0 spiro atoms. The standard InChI is InChI=1S/C22H23ClFN3O2/c1-15-12-27(16(2)11-26(15)13-17-3-6-20(24)7-4-17)22(28)14-29-21-8-5-19(23)9-18(21)10-25/h3-9,15-16H,11-14H2,1-2H3/t15-,16+/m1/s1. The lowest BCUT2D eigenvalue weighted by Gasteiger charge is -2.44. The highest BCUT2D eigenvalue weighted by Crippen LogP contribution is 2.23. The number of nitriles is 1. The number of ether oxygens (including phenoxy) is 1. The number of hydrogen-bond donors (Lipinski definition) is 0. The number of piperazine rings is 1. The van der Waals surface area contributed by atoms with E-state index < -0.39 is 0 Å². The summed E-state index contributed by atoms with van der Waals surface area (Å²) in [4.78, 5) is 16.8. The van der Waals surface area contributed by atoms with Crippen molar-refractivity contribution in [3.63, 3.8) is 0 Å². The van der Waals surface area contributed by atoms with Gasteiger partial charge in [0.25, 0.3) is 5.91 Å². The molecule has 0 N–H and O–H groups in total. The van der Waals surface area contributed by atoms with Gasteiger partial charge >= 0.3 is 0 Å². The van der Waals surface area contributed by atoms with Gasteiger partial charge < -0.3 is 9.64 Å². The van der Waals surface area contributed by atoms with Gasteiger partial charge in [0.15, 0.2) is 6.61 Å². The molecule has 7 heteroatoms. The molecule has 152 valence electrons. The van der Waals surface area contributed by atoms with Gasteiger partial charge in [-0.05, 0) is 49.7 Å². The summed E-state index contributed by atoms with van der Waals surface area (Å²) in [5.41, 5.74) is 1.34. The molecule has 1 amide bonds. The summed E-state index contributed by atoms with van der Waals surface area (Å²) in [6.45, 7) is 5.95. The highest BCUT2D eigenvalue weighted by Gasteiger charge is 2.32. The lowest BCUT2D eigenvalue weighted by molar-refractivity contribution is -0.139. The Labute approximate surface area is 175 Å². The first kappa shape index (κ1) is 21.1. The summed E-state index contributed by atoms with van der Waals surface area (Å²) in [5, 5.41) is 9.63. The van der Waals surface area contributed by atoms with Gasteiger partial charge in [-0.2, -0.15) is 5.26 Å². The Hall–Kier alpha value is -2.62. The molecule has 0 unspecified atom stereocenters. The van der Waals surface area contributed by atoms with E-state index in [1.165, 1.54) is 18.2 Å². The van der Waals surface area contributed by atoms with E-state index in [4.69, 9.17) is 16.3 Å². The third-order valence-electron chi connectivity index (χ3n) is 5.15. The first-order chi connectivity index (χ1) is 13.9. The van der Waals surface area contributed by atoms with Gasteiger partial charge in [-0.15, -0.1) is 0 Å². The van der Waals surface area contributed by atoms with Crippen molar-refractivity contribution in [2.75, 3.05) is 19.7 Å². The second kappa shape index (κ2) is 9.25. The maximum atomic E-state index is 13.1. The van der Waals surface area contributed by atoms with Gasteiger partial charge in [0.1, 0.15) is 17.6 Å². The number of hydrogen-bond acceptors (Lipinski definition) is 4. The predicted octanol–water partition coefficient (Wildman–Crippen LogP) is 3.85. The Balaban J connectivity index is 1.58. The molecule has 0 bridgehead atoms. The summed E-state index contributed by atoms with van der Waals surface area (Å²) >= 11 is 5.89. The van der Waals surface area contributed by atoms with Crippen molar-refractivity contribution in [1.82, 2.24) is 9.80 Å². The first-order valence-corrected chi connectivity index (χ1v) is 9.85. The van der Waals surface area contributed by atoms with E-state index in [1.54, 1.807) is 24.3 Å². The van der Waals surface area contributed by atoms with E-state index in [-0.39, 0.29) is 30.4 Å². The highest BCUT2D eigenvalue weighted by molar-refractivity contribution is 6.30. The van der Waals surface area contributed by atoms with Crippen molar-refractivity contribution in [2.24, 2.45) is 0 Å². The fourth-order valence-electron chi connectivity index (χ4n) is 3.53. The summed E-state index contributed by atoms with van der Waals surface area (Å²) in [5.74, 6) is -0.0173. The number of rotatable bonds is 5. The lowest BCUT2D eigenvalue weighted by atomic mass is 10.1. The van der Waals surface area contributed by atoms with Gasteiger partial charge in [0.05, 0.1) is 5.56 Å². The molecule has 1 fully saturated rings. The second-order valence-corrected chi connectivity index (χ2v) is 7.78. The minimum absolute atomic E-state index is 0.0170. The Kier molecular flexibility index (Phi) is 6.73. The monoisotopic (exact) mass is 415 g/mol. The van der Waals surface area contributed by atoms with E-state index in [0.717, 1.165) is 5.56 Å². The predicted molar refractivity (Wildman–Crippen MR) is 109 cm³/mol. The number of amides is 1. The van der Waals surface area contributed by atoms with Crippen LogP contribution in [0.4, 0.5) is 4.39 Å². The molecular formula is C22H23ClFN3O2. The maximum absolute atomic E-state index is 13.1. The van der Waals surface area contributed by atoms with E-state index in [2.05, 4.69) is 11.8 Å². The van der Waals surface area contributed by atoms with Crippen LogP contribution >= 0.6 is 11.6 Å². The minimum atomic E-state index is -0.245. The van der Waals surface area contributed by atoms with Crippen LogP contribution in [0.3, 0.4) is 0 Å². The van der Waals surface area contributed by atoms with Crippen LogP contribution in [0.15, 0.2) is 42.5 Å². The van der Waals surface area contributed by atoms with Gasteiger partial charge in [0, 0.05) is 36.7 Å². The van der Waals surface area contributed by atoms with Gasteiger partial charge in [0.2, 0.25) is 0 Å². The maximum Gasteiger partial charge on any atom is 0.260 e. The smallest absolute Gasteiger partial charge is 0.260 e. The number of carbonyl (C=O) groups is 1. The van der Waals surface area contributed by atoms with Crippen LogP contribution in [0.5, 0.6) is 5.75 Å². The van der Waals surface area contributed by atoms with Crippen LogP contribution in [-0.2, 0) is 11.3 Å². The topological polar surface area (TPSA) is 56.6 Å². The fourth-order valence-corrected chi connectivity index (χ4v) is 3.70. The molecule has 29 heavy (non-hydrogen) atoms. The van der Waals surface area contributed by atoms with E-state index in [0.29, 0.717) is 36.0 Å². The van der Waals surface area contributed by atoms with Gasteiger partial charge in [-0.3, -0.25) is 9.69 Å². The minimum Gasteiger partial charge on any atom is -0.482 e. The quantitative estimate of drug-likeness (QED) is 0.744. The third kappa shape index (κ3) is 5.26. The Morgan fingerprint density at radius 2 is 1.93 bits per heavy atom. The summed E-state index contributed by atoms with van der Waals surface area (Å²) in [7, 11) is 0. The Morgan fingerprint density at radius 1 is 1.21 bits per heavy atom. The number of nitrogens with zero attached hydrogens (tertiary/aromatic N) is 3. The highest BCUT2D eigenvalue weighted by atomic mass is 35.5. The molecule has 0 aromatic heterocycles. The summed E-state index contributed by atoms with van der Waals surface area (Å²) in [6.07, 6.45) is 0. The molecule has 1 heterocycles.